The summed E-state index contributed by atoms with van der Waals surface area (Å²) in [4.78, 5) is 5.12. The van der Waals surface area contributed by atoms with E-state index in [1.807, 2.05) is 20.0 Å². The molecule has 0 fully saturated rings. The highest BCUT2D eigenvalue weighted by Gasteiger charge is 2.06. The van der Waals surface area contributed by atoms with E-state index in [9.17, 15) is 4.39 Å². The summed E-state index contributed by atoms with van der Waals surface area (Å²) in [6, 6.07) is 6.38. The minimum Gasteiger partial charge on any atom is -0.277 e. The fraction of sp³-hybridized carbons (Fsp3) is 0.333. The number of rotatable bonds is 4. The zero-order valence-corrected chi connectivity index (χ0v) is 9.33. The molecule has 0 radical (unpaired) electrons. The molecule has 0 bridgehead atoms. The van der Waals surface area contributed by atoms with Crippen molar-refractivity contribution in [3.63, 3.8) is 0 Å². The van der Waals surface area contributed by atoms with Crippen molar-refractivity contribution in [1.82, 2.24) is 5.06 Å². The number of benzene rings is 1. The Morgan fingerprint density at radius 1 is 1.40 bits per heavy atom. The molecule has 0 unspecified atom stereocenters. The Morgan fingerprint density at radius 3 is 2.47 bits per heavy atom. The first-order valence-corrected chi connectivity index (χ1v) is 4.93. The van der Waals surface area contributed by atoms with E-state index in [1.165, 1.54) is 12.1 Å². The van der Waals surface area contributed by atoms with Gasteiger partial charge in [-0.05, 0) is 30.7 Å². The smallest absolute Gasteiger partial charge is 0.123 e. The lowest BCUT2D eigenvalue weighted by molar-refractivity contribution is -0.0528. The second kappa shape index (κ2) is 5.51. The molecule has 0 aromatic heterocycles. The Labute approximate surface area is 89.9 Å². The van der Waals surface area contributed by atoms with E-state index >= 15 is 0 Å². The first-order valence-electron chi connectivity index (χ1n) is 4.93. The molecule has 0 aliphatic rings. The summed E-state index contributed by atoms with van der Waals surface area (Å²) in [6.07, 6.45) is 2.94. The predicted molar refractivity (Wildman–Crippen MR) is 59.4 cm³/mol. The highest BCUT2D eigenvalue weighted by molar-refractivity contribution is 5.62. The SMILES string of the molecule is CC/C=C(/c1ccc(F)cc1)N(C)OC. The molecule has 82 valence electrons. The Kier molecular flexibility index (Phi) is 4.31. The van der Waals surface area contributed by atoms with Gasteiger partial charge in [0.2, 0.25) is 0 Å². The first-order chi connectivity index (χ1) is 7.19. The van der Waals surface area contributed by atoms with Crippen LogP contribution in [0.3, 0.4) is 0 Å². The van der Waals surface area contributed by atoms with Crippen molar-refractivity contribution in [2.75, 3.05) is 14.2 Å². The van der Waals surface area contributed by atoms with Crippen LogP contribution in [-0.2, 0) is 4.84 Å². The standard InChI is InChI=1S/C12H16FNO/c1-4-5-12(14(2)15-3)10-6-8-11(13)9-7-10/h5-9H,4H2,1-3H3/b12-5-. The van der Waals surface area contributed by atoms with Gasteiger partial charge in [-0.2, -0.15) is 0 Å². The lowest BCUT2D eigenvalue weighted by Crippen LogP contribution is -2.14. The normalized spacial score (nSPS) is 11.6. The summed E-state index contributed by atoms with van der Waals surface area (Å²) in [5, 5.41) is 1.66. The number of allylic oxidation sites excluding steroid dienone is 1. The van der Waals surface area contributed by atoms with Crippen LogP contribution in [0.5, 0.6) is 0 Å². The maximum atomic E-state index is 12.8. The molecule has 0 saturated carbocycles. The van der Waals surface area contributed by atoms with E-state index in [0.29, 0.717) is 0 Å². The van der Waals surface area contributed by atoms with Gasteiger partial charge in [-0.15, -0.1) is 0 Å². The summed E-state index contributed by atoms with van der Waals surface area (Å²) < 4.78 is 12.8. The molecule has 1 aromatic rings. The molecule has 0 spiro atoms. The molecule has 0 amide bonds. The minimum absolute atomic E-state index is 0.227. The summed E-state index contributed by atoms with van der Waals surface area (Å²) in [6.45, 7) is 2.05. The molecular formula is C12H16FNO. The molecule has 0 aliphatic carbocycles. The van der Waals surface area contributed by atoms with Gasteiger partial charge in [0.05, 0.1) is 12.8 Å². The zero-order valence-electron chi connectivity index (χ0n) is 9.33. The number of nitrogens with zero attached hydrogens (tertiary/aromatic N) is 1. The van der Waals surface area contributed by atoms with Crippen molar-refractivity contribution in [2.24, 2.45) is 0 Å². The summed E-state index contributed by atoms with van der Waals surface area (Å²) in [5.74, 6) is -0.227. The number of hydroxylamine groups is 2. The predicted octanol–water partition coefficient (Wildman–Crippen LogP) is 3.07. The van der Waals surface area contributed by atoms with Crippen molar-refractivity contribution >= 4 is 5.70 Å². The van der Waals surface area contributed by atoms with E-state index in [1.54, 1.807) is 24.3 Å². The maximum Gasteiger partial charge on any atom is 0.123 e. The fourth-order valence-corrected chi connectivity index (χ4v) is 1.34. The van der Waals surface area contributed by atoms with Gasteiger partial charge in [-0.1, -0.05) is 13.0 Å². The molecule has 0 atom stereocenters. The average Bonchev–Trinajstić information content (AvgIpc) is 2.26. The summed E-state index contributed by atoms with van der Waals surface area (Å²) in [5.41, 5.74) is 1.89. The topological polar surface area (TPSA) is 12.5 Å². The summed E-state index contributed by atoms with van der Waals surface area (Å²) in [7, 11) is 3.43. The van der Waals surface area contributed by atoms with Crippen LogP contribution in [-0.4, -0.2) is 19.2 Å². The third kappa shape index (κ3) is 3.06. The van der Waals surface area contributed by atoms with Gasteiger partial charge < -0.3 is 0 Å². The lowest BCUT2D eigenvalue weighted by atomic mass is 10.1. The highest BCUT2D eigenvalue weighted by atomic mass is 19.1. The van der Waals surface area contributed by atoms with Crippen molar-refractivity contribution in [2.45, 2.75) is 13.3 Å². The second-order valence-electron chi connectivity index (χ2n) is 3.18. The van der Waals surface area contributed by atoms with E-state index in [0.717, 1.165) is 17.7 Å². The van der Waals surface area contributed by atoms with Crippen molar-refractivity contribution in [3.8, 4) is 0 Å². The zero-order chi connectivity index (χ0) is 11.3. The number of hydrogen-bond acceptors (Lipinski definition) is 2. The van der Waals surface area contributed by atoms with Crippen molar-refractivity contribution < 1.29 is 9.23 Å². The van der Waals surface area contributed by atoms with Gasteiger partial charge in [0.15, 0.2) is 0 Å². The van der Waals surface area contributed by atoms with Crippen LogP contribution >= 0.6 is 0 Å². The van der Waals surface area contributed by atoms with Crippen LogP contribution in [0.2, 0.25) is 0 Å². The summed E-state index contributed by atoms with van der Waals surface area (Å²) >= 11 is 0. The van der Waals surface area contributed by atoms with Crippen LogP contribution in [0.15, 0.2) is 30.3 Å². The van der Waals surface area contributed by atoms with Gasteiger partial charge in [0, 0.05) is 12.6 Å². The fourth-order valence-electron chi connectivity index (χ4n) is 1.34. The Morgan fingerprint density at radius 2 is 2.00 bits per heavy atom. The van der Waals surface area contributed by atoms with Crippen LogP contribution in [0.1, 0.15) is 18.9 Å². The van der Waals surface area contributed by atoms with E-state index in [4.69, 9.17) is 4.84 Å². The maximum absolute atomic E-state index is 12.8. The third-order valence-electron chi connectivity index (χ3n) is 2.15. The number of halogens is 1. The van der Waals surface area contributed by atoms with Gasteiger partial charge >= 0.3 is 0 Å². The molecule has 1 aromatic carbocycles. The highest BCUT2D eigenvalue weighted by Crippen LogP contribution is 2.18. The van der Waals surface area contributed by atoms with Crippen LogP contribution in [0.25, 0.3) is 5.70 Å². The van der Waals surface area contributed by atoms with E-state index < -0.39 is 0 Å². The van der Waals surface area contributed by atoms with Crippen molar-refractivity contribution in [1.29, 1.82) is 0 Å². The molecular weight excluding hydrogens is 193 g/mol. The van der Waals surface area contributed by atoms with E-state index in [2.05, 4.69) is 0 Å². The number of hydrogen-bond donors (Lipinski definition) is 0. The molecule has 15 heavy (non-hydrogen) atoms. The van der Waals surface area contributed by atoms with E-state index in [-0.39, 0.29) is 5.82 Å². The molecule has 1 rings (SSSR count). The molecule has 2 nitrogen and oxygen atoms in total. The molecule has 0 heterocycles. The Hall–Kier alpha value is -1.35. The van der Waals surface area contributed by atoms with Gasteiger partial charge in [0.25, 0.3) is 0 Å². The van der Waals surface area contributed by atoms with Crippen LogP contribution < -0.4 is 0 Å². The Balaban J connectivity index is 2.99. The quantitative estimate of drug-likeness (QED) is 0.706. The lowest BCUT2D eigenvalue weighted by Gasteiger charge is -2.20. The van der Waals surface area contributed by atoms with Crippen LogP contribution in [0, 0.1) is 5.82 Å². The van der Waals surface area contributed by atoms with Gasteiger partial charge in [-0.25, -0.2) is 4.39 Å². The van der Waals surface area contributed by atoms with Gasteiger partial charge in [-0.3, -0.25) is 9.90 Å². The Bertz CT molecular complexity index is 332. The monoisotopic (exact) mass is 209 g/mol. The second-order valence-corrected chi connectivity index (χ2v) is 3.18. The average molecular weight is 209 g/mol. The molecule has 0 N–H and O–H groups in total. The largest absolute Gasteiger partial charge is 0.277 e. The van der Waals surface area contributed by atoms with Crippen molar-refractivity contribution in [3.05, 3.63) is 41.7 Å². The minimum atomic E-state index is -0.227. The molecule has 3 heteroatoms. The molecule has 0 aliphatic heterocycles. The van der Waals surface area contributed by atoms with Gasteiger partial charge in [0.1, 0.15) is 5.82 Å². The third-order valence-corrected chi connectivity index (χ3v) is 2.15. The first kappa shape index (κ1) is 11.7. The van der Waals surface area contributed by atoms with Crippen LogP contribution in [0.4, 0.5) is 4.39 Å². The molecule has 0 saturated heterocycles.